The summed E-state index contributed by atoms with van der Waals surface area (Å²) in [5.41, 5.74) is 2.20. The van der Waals surface area contributed by atoms with Gasteiger partial charge in [-0.25, -0.2) is 0 Å². The summed E-state index contributed by atoms with van der Waals surface area (Å²) in [7, 11) is 2.18. The quantitative estimate of drug-likeness (QED) is 0.799. The SMILES string of the molecule is Cc1ccc(NC2CC(C)N(C)C2)cn1. The fourth-order valence-corrected chi connectivity index (χ4v) is 2.09. The lowest BCUT2D eigenvalue weighted by Crippen LogP contribution is -2.24. The van der Waals surface area contributed by atoms with Crippen LogP contribution in [-0.2, 0) is 0 Å². The summed E-state index contributed by atoms with van der Waals surface area (Å²) in [6.45, 7) is 5.40. The Balaban J connectivity index is 1.95. The number of anilines is 1. The Kier molecular flexibility index (Phi) is 2.91. The van der Waals surface area contributed by atoms with E-state index in [1.54, 1.807) is 0 Å². The third-order valence-corrected chi connectivity index (χ3v) is 3.17. The Morgan fingerprint density at radius 1 is 1.47 bits per heavy atom. The first-order chi connectivity index (χ1) is 7.15. The smallest absolute Gasteiger partial charge is 0.0529 e. The Labute approximate surface area is 91.5 Å². The van der Waals surface area contributed by atoms with E-state index in [0.29, 0.717) is 12.1 Å². The Bertz CT molecular complexity index is 310. The van der Waals surface area contributed by atoms with Gasteiger partial charge in [0.2, 0.25) is 0 Å². The van der Waals surface area contributed by atoms with Gasteiger partial charge in [0.25, 0.3) is 0 Å². The number of likely N-dealkylation sites (tertiary alicyclic amines) is 1. The summed E-state index contributed by atoms with van der Waals surface area (Å²) < 4.78 is 0. The number of pyridine rings is 1. The Morgan fingerprint density at radius 2 is 2.27 bits per heavy atom. The summed E-state index contributed by atoms with van der Waals surface area (Å²) >= 11 is 0. The van der Waals surface area contributed by atoms with Crippen LogP contribution in [0.2, 0.25) is 0 Å². The van der Waals surface area contributed by atoms with Crippen molar-refractivity contribution in [2.75, 3.05) is 18.9 Å². The Hall–Kier alpha value is -1.09. The molecule has 1 aromatic rings. The average molecular weight is 205 g/mol. The van der Waals surface area contributed by atoms with Crippen LogP contribution in [0.15, 0.2) is 18.3 Å². The molecule has 0 bridgehead atoms. The molecule has 1 aromatic heterocycles. The largest absolute Gasteiger partial charge is 0.380 e. The number of nitrogens with zero attached hydrogens (tertiary/aromatic N) is 2. The van der Waals surface area contributed by atoms with Gasteiger partial charge in [-0.3, -0.25) is 4.98 Å². The van der Waals surface area contributed by atoms with E-state index in [1.165, 1.54) is 6.42 Å². The molecule has 0 aliphatic carbocycles. The van der Waals surface area contributed by atoms with Gasteiger partial charge < -0.3 is 10.2 Å². The third kappa shape index (κ3) is 2.48. The highest BCUT2D eigenvalue weighted by atomic mass is 15.2. The van der Waals surface area contributed by atoms with Crippen molar-refractivity contribution in [2.24, 2.45) is 0 Å². The van der Waals surface area contributed by atoms with Gasteiger partial charge in [0.05, 0.1) is 11.9 Å². The van der Waals surface area contributed by atoms with Crippen molar-refractivity contribution in [2.45, 2.75) is 32.4 Å². The lowest BCUT2D eigenvalue weighted by molar-refractivity contribution is 0.330. The number of aryl methyl sites for hydroxylation is 1. The average Bonchev–Trinajstić information content (AvgIpc) is 2.50. The number of rotatable bonds is 2. The van der Waals surface area contributed by atoms with Crippen LogP contribution < -0.4 is 5.32 Å². The summed E-state index contributed by atoms with van der Waals surface area (Å²) in [5.74, 6) is 0. The molecule has 0 spiro atoms. The summed E-state index contributed by atoms with van der Waals surface area (Å²) in [5, 5.41) is 3.52. The molecule has 82 valence electrons. The van der Waals surface area contributed by atoms with Crippen molar-refractivity contribution in [1.29, 1.82) is 0 Å². The standard InChI is InChI=1S/C12H19N3/c1-9-4-5-11(7-13-9)14-12-6-10(2)15(3)8-12/h4-5,7,10,12,14H,6,8H2,1-3H3. The highest BCUT2D eigenvalue weighted by Crippen LogP contribution is 2.19. The fraction of sp³-hybridized carbons (Fsp3) is 0.583. The number of nitrogens with one attached hydrogen (secondary N) is 1. The minimum absolute atomic E-state index is 0.564. The maximum atomic E-state index is 4.28. The van der Waals surface area contributed by atoms with Gasteiger partial charge in [0.1, 0.15) is 0 Å². The first kappa shape index (κ1) is 10.4. The molecule has 1 saturated heterocycles. The zero-order valence-electron chi connectivity index (χ0n) is 9.70. The summed E-state index contributed by atoms with van der Waals surface area (Å²) in [6, 6.07) is 5.39. The molecule has 3 nitrogen and oxygen atoms in total. The van der Waals surface area contributed by atoms with Crippen LogP contribution in [0.25, 0.3) is 0 Å². The molecule has 0 aromatic carbocycles. The molecule has 1 aliphatic rings. The maximum Gasteiger partial charge on any atom is 0.0529 e. The highest BCUT2D eigenvalue weighted by molar-refractivity contribution is 5.42. The zero-order valence-corrected chi connectivity index (χ0v) is 9.70. The van der Waals surface area contributed by atoms with Crippen molar-refractivity contribution in [1.82, 2.24) is 9.88 Å². The lowest BCUT2D eigenvalue weighted by atomic mass is 10.2. The molecule has 0 amide bonds. The van der Waals surface area contributed by atoms with Crippen LogP contribution >= 0.6 is 0 Å². The first-order valence-corrected chi connectivity index (χ1v) is 5.54. The van der Waals surface area contributed by atoms with Gasteiger partial charge in [-0.2, -0.15) is 0 Å². The molecular weight excluding hydrogens is 186 g/mol. The molecule has 2 heterocycles. The van der Waals surface area contributed by atoms with Crippen LogP contribution in [-0.4, -0.2) is 35.6 Å². The molecule has 1 N–H and O–H groups in total. The van der Waals surface area contributed by atoms with E-state index >= 15 is 0 Å². The second kappa shape index (κ2) is 4.19. The van der Waals surface area contributed by atoms with Crippen LogP contribution in [0.3, 0.4) is 0 Å². The molecule has 0 radical (unpaired) electrons. The molecule has 0 saturated carbocycles. The van der Waals surface area contributed by atoms with Crippen molar-refractivity contribution >= 4 is 5.69 Å². The van der Waals surface area contributed by atoms with Crippen molar-refractivity contribution in [3.63, 3.8) is 0 Å². The monoisotopic (exact) mass is 205 g/mol. The van der Waals surface area contributed by atoms with Gasteiger partial charge in [-0.05, 0) is 39.4 Å². The number of aromatic nitrogens is 1. The van der Waals surface area contributed by atoms with E-state index in [9.17, 15) is 0 Å². The van der Waals surface area contributed by atoms with Gasteiger partial charge in [-0.15, -0.1) is 0 Å². The van der Waals surface area contributed by atoms with Gasteiger partial charge in [0, 0.05) is 24.3 Å². The zero-order chi connectivity index (χ0) is 10.8. The van der Waals surface area contributed by atoms with Gasteiger partial charge in [0.15, 0.2) is 0 Å². The predicted octanol–water partition coefficient (Wildman–Crippen LogP) is 1.89. The Morgan fingerprint density at radius 3 is 2.80 bits per heavy atom. The van der Waals surface area contributed by atoms with Crippen molar-refractivity contribution < 1.29 is 0 Å². The second-order valence-corrected chi connectivity index (χ2v) is 4.55. The van der Waals surface area contributed by atoms with Crippen molar-refractivity contribution in [3.8, 4) is 0 Å². The van der Waals surface area contributed by atoms with Crippen LogP contribution in [0.4, 0.5) is 5.69 Å². The van der Waals surface area contributed by atoms with Gasteiger partial charge in [-0.1, -0.05) is 0 Å². The van der Waals surface area contributed by atoms with Crippen LogP contribution in [0.5, 0.6) is 0 Å². The minimum Gasteiger partial charge on any atom is -0.380 e. The van der Waals surface area contributed by atoms with E-state index in [0.717, 1.165) is 17.9 Å². The first-order valence-electron chi connectivity index (χ1n) is 5.54. The fourth-order valence-electron chi connectivity index (χ4n) is 2.09. The second-order valence-electron chi connectivity index (χ2n) is 4.55. The third-order valence-electron chi connectivity index (χ3n) is 3.17. The van der Waals surface area contributed by atoms with E-state index in [-0.39, 0.29) is 0 Å². The number of hydrogen-bond donors (Lipinski definition) is 1. The van der Waals surface area contributed by atoms with E-state index in [4.69, 9.17) is 0 Å². The lowest BCUT2D eigenvalue weighted by Gasteiger charge is -2.14. The van der Waals surface area contributed by atoms with Crippen LogP contribution in [0, 0.1) is 6.92 Å². The molecule has 1 aliphatic heterocycles. The molecule has 15 heavy (non-hydrogen) atoms. The van der Waals surface area contributed by atoms with Crippen LogP contribution in [0.1, 0.15) is 19.0 Å². The minimum atomic E-state index is 0.564. The maximum absolute atomic E-state index is 4.28. The number of likely N-dealkylation sites (N-methyl/N-ethyl adjacent to an activating group) is 1. The highest BCUT2D eigenvalue weighted by Gasteiger charge is 2.25. The number of hydrogen-bond acceptors (Lipinski definition) is 3. The summed E-state index contributed by atoms with van der Waals surface area (Å²) in [4.78, 5) is 6.67. The molecule has 3 heteroatoms. The van der Waals surface area contributed by atoms with E-state index in [2.05, 4.69) is 35.2 Å². The molecule has 1 fully saturated rings. The van der Waals surface area contributed by atoms with E-state index in [1.807, 2.05) is 19.2 Å². The normalized spacial score (nSPS) is 26.9. The molecule has 2 unspecified atom stereocenters. The topological polar surface area (TPSA) is 28.2 Å². The van der Waals surface area contributed by atoms with E-state index < -0.39 is 0 Å². The molecule has 2 rings (SSSR count). The van der Waals surface area contributed by atoms with Gasteiger partial charge >= 0.3 is 0 Å². The predicted molar refractivity (Wildman–Crippen MR) is 63.1 cm³/mol. The summed E-state index contributed by atoms with van der Waals surface area (Å²) in [6.07, 6.45) is 3.13. The molecule has 2 atom stereocenters. The molecular formula is C12H19N3. The van der Waals surface area contributed by atoms with Crippen molar-refractivity contribution in [3.05, 3.63) is 24.0 Å².